The van der Waals surface area contributed by atoms with Crippen molar-refractivity contribution in [1.82, 2.24) is 94.9 Å². The van der Waals surface area contributed by atoms with Gasteiger partial charge in [-0.2, -0.15) is 28.5 Å². The van der Waals surface area contributed by atoms with Crippen molar-refractivity contribution >= 4 is 63.6 Å². The van der Waals surface area contributed by atoms with Crippen molar-refractivity contribution in [2.45, 2.75) is 68.7 Å². The summed E-state index contributed by atoms with van der Waals surface area (Å²) in [4.78, 5) is 40.9. The van der Waals surface area contributed by atoms with Crippen molar-refractivity contribution < 1.29 is 82.0 Å². The van der Waals surface area contributed by atoms with Gasteiger partial charge in [-0.05, 0) is 53.9 Å². The first-order valence-electron chi connectivity index (χ1n) is 30.8. The molecule has 0 aliphatic carbocycles. The van der Waals surface area contributed by atoms with Gasteiger partial charge in [0, 0.05) is 111 Å². The van der Waals surface area contributed by atoms with Crippen LogP contribution in [0.4, 0.5) is 16.7 Å². The zero-order valence-electron chi connectivity index (χ0n) is 60.6. The van der Waals surface area contributed by atoms with Gasteiger partial charge in [-0.25, -0.2) is 40.1 Å². The predicted octanol–water partition coefficient (Wildman–Crippen LogP) is 5.35. The fraction of sp³-hybridized carbons (Fsp3) is 0.608. The number of nitrogens with zero attached hydrogens (tertiary/aromatic N) is 17. The van der Waals surface area contributed by atoms with E-state index in [2.05, 4.69) is 142 Å². The summed E-state index contributed by atoms with van der Waals surface area (Å²) in [6.07, 6.45) is 16.1. The van der Waals surface area contributed by atoms with E-state index in [0.717, 1.165) is 25.8 Å². The predicted molar refractivity (Wildman–Crippen MR) is 391 cm³/mol. The zero-order valence-corrected chi connectivity index (χ0v) is 65.9. The first-order valence-corrected chi connectivity index (χ1v) is 40.3. The molecule has 18 N–H and O–H groups in total. The summed E-state index contributed by atoms with van der Waals surface area (Å²) >= 11 is 0. The number of anilines is 2. The lowest BCUT2D eigenvalue weighted by Crippen LogP contribution is -2.48. The molecule has 3 aliphatic rings. The minimum Gasteiger partial charge on any atom is -0.453 e. The van der Waals surface area contributed by atoms with Crippen molar-refractivity contribution in [1.29, 1.82) is 0 Å². The van der Waals surface area contributed by atoms with Crippen LogP contribution in [-0.4, -0.2) is 223 Å². The number of hydrogen-bond donors (Lipinski definition) is 18. The summed E-state index contributed by atoms with van der Waals surface area (Å²) in [5, 5.41) is 102. The third kappa shape index (κ3) is 39.5. The van der Waals surface area contributed by atoms with E-state index in [-0.39, 0.29) is 19.2 Å². The average Bonchev–Trinajstić information content (AvgIpc) is 1.40. The normalized spacial score (nSPS) is 19.3. The molecular formula is C51H111N27O17P6. The molecule has 0 radical (unpaired) electrons. The minimum atomic E-state index is -3.71. The Morgan fingerprint density at radius 1 is 0.584 bits per heavy atom. The Hall–Kier alpha value is -5.14. The van der Waals surface area contributed by atoms with E-state index in [1.807, 2.05) is 116 Å². The van der Waals surface area contributed by atoms with Gasteiger partial charge in [-0.3, -0.25) is 49.0 Å². The van der Waals surface area contributed by atoms with Crippen LogP contribution in [0.2, 0.25) is 0 Å². The van der Waals surface area contributed by atoms with Gasteiger partial charge in [-0.15, -0.1) is 13.5 Å². The quantitative estimate of drug-likeness (QED) is 0.0233. The van der Waals surface area contributed by atoms with Crippen LogP contribution in [0.25, 0.3) is 0 Å². The lowest BCUT2D eigenvalue weighted by molar-refractivity contribution is 0.0514. The lowest BCUT2D eigenvalue weighted by Gasteiger charge is -2.35. The van der Waals surface area contributed by atoms with Crippen molar-refractivity contribution in [3.63, 3.8) is 0 Å². The SMILES string of the molecule is C=C(NC)Nc1nc(CC)nc(NC(=O)OC)n1.CC.CC.CCOP1(NCO)=NP(NC)(NCO)=NP(NCO)(NCO)=N1.CCOP1(OCO)=NP(OC)(OCO)=NP(OCO)(OCO)=N1.CN1CNCNC1.Cc1cnc(C)n1C.Cn1ccnc1.Cn1ccnc1.c1ccncc1. The maximum atomic E-state index is 11.1. The van der Waals surface area contributed by atoms with E-state index in [9.17, 15) is 25.2 Å². The number of aryl methyl sites for hydroxylation is 5. The van der Waals surface area contributed by atoms with Crippen LogP contribution >= 0.6 is 45.6 Å². The molecule has 5 aromatic rings. The first-order chi connectivity index (χ1) is 48.5. The van der Waals surface area contributed by atoms with Gasteiger partial charge in [-0.1, -0.05) is 47.3 Å². The molecule has 1 fully saturated rings. The van der Waals surface area contributed by atoms with Crippen LogP contribution in [0.15, 0.2) is 114 Å². The number of nitrogens with one attached hydrogen (secondary N) is 10. The number of carbonyl (C=O) groups excluding carboxylic acids is 1. The standard InChI is InChI=1S/C10H16N6O2.C7H25N8O5P3.C7H20N3O10P3.C6H10N2.C5H5N.C4H11N3.2C4H6N2.2C2H6/c1-5-7-13-8(12-6(2)11-3)15-9(14-7)16-10(17)18-4;1-3-20-23(12-7-19)14-21(8-2,9-4-16)13-22(15-23,10-5-17)11-6-18;1-3-16-22(18-5-12)8-21(15-2,17-4-11)9-23(10-22,19-6-13)20-7-14;1-5-4-7-6(2)8(5)3;1-2-4-6-5-3-1;1-7-3-5-2-6-4-7;2*1-6-3-2-5-4-6;2*1-2/h11H,2,5H2,1,3-4H3,(H2,12,13,14,15,16,17);8-12,16-19H,3-7H2,1-2H3;11-14H,3-7H2,1-2H3;4H,1-3H3;1-5H;5-6H,2-4H2,1H3;2*2-4H,1H3;2*1-2H3. The molecule has 1 saturated heterocycles. The van der Waals surface area contributed by atoms with Crippen LogP contribution < -0.4 is 52.0 Å². The second-order valence-electron chi connectivity index (χ2n) is 17.9. The number of amides is 1. The maximum absolute atomic E-state index is 11.1. The van der Waals surface area contributed by atoms with Crippen molar-refractivity contribution in [2.24, 2.45) is 48.2 Å². The van der Waals surface area contributed by atoms with Gasteiger partial charge in [0.25, 0.3) is 7.58 Å². The molecule has 4 atom stereocenters. The highest BCUT2D eigenvalue weighted by Gasteiger charge is 2.43. The molecule has 582 valence electrons. The second kappa shape index (κ2) is 57.2. The molecule has 0 saturated carbocycles. The number of aromatic nitrogens is 10. The molecule has 101 heavy (non-hydrogen) atoms. The number of hydrogen-bond acceptors (Lipinski definition) is 40. The third-order valence-corrected chi connectivity index (χ3v) is 28.8. The number of imidazole rings is 3. The Kier molecular flexibility index (Phi) is 55.5. The van der Waals surface area contributed by atoms with E-state index in [0.29, 0.717) is 24.0 Å². The summed E-state index contributed by atoms with van der Waals surface area (Å²) in [5.74, 6) is 2.57. The molecule has 0 spiro atoms. The van der Waals surface area contributed by atoms with Gasteiger partial charge >= 0.3 is 29.1 Å². The van der Waals surface area contributed by atoms with Gasteiger partial charge < -0.3 is 83.5 Å². The summed E-state index contributed by atoms with van der Waals surface area (Å²) in [6, 6.07) is 5.72. The van der Waals surface area contributed by atoms with Gasteiger partial charge in [0.1, 0.15) is 18.4 Å². The van der Waals surface area contributed by atoms with Gasteiger partial charge in [0.05, 0.1) is 59.0 Å². The van der Waals surface area contributed by atoms with Crippen LogP contribution in [0, 0.1) is 13.8 Å². The Labute approximate surface area is 592 Å². The van der Waals surface area contributed by atoms with Crippen molar-refractivity contribution in [3.8, 4) is 0 Å². The molecule has 4 unspecified atom stereocenters. The summed E-state index contributed by atoms with van der Waals surface area (Å²) in [5.41, 5.74) is 1.21. The molecule has 50 heteroatoms. The van der Waals surface area contributed by atoms with E-state index < -0.39 is 106 Å². The van der Waals surface area contributed by atoms with Crippen LogP contribution in [-0.2, 0) is 64.0 Å². The van der Waals surface area contributed by atoms with E-state index in [4.69, 9.17) is 52.1 Å². The fourth-order valence-corrected chi connectivity index (χ4v) is 25.4. The average molecular weight is 1560 g/mol. The Morgan fingerprint density at radius 3 is 1.39 bits per heavy atom. The zero-order chi connectivity index (χ0) is 76.7. The summed E-state index contributed by atoms with van der Waals surface area (Å²) < 4.78 is 72.2. The highest BCUT2D eigenvalue weighted by molar-refractivity contribution is 7.83. The molecule has 8 heterocycles. The molecule has 8 rings (SSSR count). The van der Waals surface area contributed by atoms with E-state index >= 15 is 0 Å². The molecule has 1 amide bonds. The van der Waals surface area contributed by atoms with E-state index in [1.54, 1.807) is 65.4 Å². The van der Waals surface area contributed by atoms with Crippen molar-refractivity contribution in [3.05, 3.63) is 104 Å². The molecule has 5 aromatic heterocycles. The van der Waals surface area contributed by atoms with E-state index in [1.165, 1.54) is 19.9 Å². The Balaban J connectivity index is 0. The Bertz CT molecular complexity index is 3030. The number of carbonyl (C=O) groups is 1. The monoisotopic (exact) mass is 1560 g/mol. The number of methoxy groups -OCH3 is 1. The molecule has 44 nitrogen and oxygen atoms in total. The highest BCUT2D eigenvalue weighted by atomic mass is 31.3. The number of rotatable bonds is 27. The molecular weight excluding hydrogens is 1450 g/mol. The maximum Gasteiger partial charge on any atom is 0.413 e. The van der Waals surface area contributed by atoms with Crippen molar-refractivity contribution in [2.75, 3.05) is 133 Å². The summed E-state index contributed by atoms with van der Waals surface area (Å²) in [6.45, 7) is 19.2. The molecule has 3 aliphatic heterocycles. The summed E-state index contributed by atoms with van der Waals surface area (Å²) in [7, 11) is -6.06. The van der Waals surface area contributed by atoms with Crippen LogP contribution in [0.1, 0.15) is 65.8 Å². The molecule has 0 bridgehead atoms. The number of ether oxygens (including phenoxy) is 1. The number of aliphatic hydroxyl groups is 8. The van der Waals surface area contributed by atoms with Gasteiger partial charge in [0.15, 0.2) is 27.2 Å². The minimum absolute atomic E-state index is 0.0852. The number of aliphatic hydroxyl groups excluding tert-OH is 8. The topological polar surface area (TPSA) is 555 Å². The first kappa shape index (κ1) is 97.9. The largest absolute Gasteiger partial charge is 0.453 e. The smallest absolute Gasteiger partial charge is 0.413 e. The van der Waals surface area contributed by atoms with Gasteiger partial charge in [0.2, 0.25) is 26.9 Å². The van der Waals surface area contributed by atoms with Crippen LogP contribution in [0.5, 0.6) is 0 Å². The van der Waals surface area contributed by atoms with Crippen LogP contribution in [0.3, 0.4) is 0 Å². The lowest BCUT2D eigenvalue weighted by atomic mass is 10.4. The highest BCUT2D eigenvalue weighted by Crippen LogP contribution is 2.80. The molecule has 0 aromatic carbocycles. The third-order valence-electron chi connectivity index (χ3n) is 10.9. The number of pyridine rings is 1. The fourth-order valence-electron chi connectivity index (χ4n) is 6.39. The Morgan fingerprint density at radius 2 is 1.06 bits per heavy atom. The second-order valence-corrected chi connectivity index (χ2v) is 32.2.